The van der Waals surface area contributed by atoms with Crippen molar-refractivity contribution in [2.45, 2.75) is 6.92 Å². The second kappa shape index (κ2) is 7.13. The van der Waals surface area contributed by atoms with E-state index in [1.807, 2.05) is 17.0 Å². The predicted molar refractivity (Wildman–Crippen MR) is 110 cm³/mol. The van der Waals surface area contributed by atoms with Crippen molar-refractivity contribution < 1.29 is 4.79 Å². The van der Waals surface area contributed by atoms with E-state index in [0.29, 0.717) is 13.1 Å². The molecule has 5 nitrogen and oxygen atoms in total. The highest BCUT2D eigenvalue weighted by atomic mass is 79.9. The second-order valence-corrected chi connectivity index (χ2v) is 8.26. The number of halogens is 2. The van der Waals surface area contributed by atoms with Gasteiger partial charge in [-0.05, 0) is 29.3 Å². The lowest BCUT2D eigenvalue weighted by molar-refractivity contribution is -0.129. The molecule has 134 valence electrons. The highest BCUT2D eigenvalue weighted by Gasteiger charge is 2.24. The number of piperazine rings is 1. The fourth-order valence-corrected chi connectivity index (χ4v) is 4.62. The summed E-state index contributed by atoms with van der Waals surface area (Å²) >= 11 is 11.2. The molecular formula is C18H16BrClN4OS. The maximum Gasteiger partial charge on any atom is 0.225 e. The van der Waals surface area contributed by atoms with Gasteiger partial charge in [0.15, 0.2) is 0 Å². The van der Waals surface area contributed by atoms with Crippen LogP contribution in [0, 0.1) is 0 Å². The number of carbonyl (C=O) groups excluding carboxylic acids is 1. The van der Waals surface area contributed by atoms with E-state index in [1.165, 1.54) is 0 Å². The van der Waals surface area contributed by atoms with E-state index in [9.17, 15) is 4.79 Å². The Morgan fingerprint density at radius 1 is 1.15 bits per heavy atom. The van der Waals surface area contributed by atoms with Crippen molar-refractivity contribution in [3.8, 4) is 11.1 Å². The fourth-order valence-electron chi connectivity index (χ4n) is 3.20. The first-order valence-electron chi connectivity index (χ1n) is 8.24. The van der Waals surface area contributed by atoms with E-state index < -0.39 is 0 Å². The minimum atomic E-state index is 0.113. The molecule has 4 rings (SSSR count). The summed E-state index contributed by atoms with van der Waals surface area (Å²) in [4.78, 5) is 25.5. The average molecular weight is 452 g/mol. The Morgan fingerprint density at radius 2 is 1.85 bits per heavy atom. The molecule has 0 atom stereocenters. The molecule has 3 heterocycles. The molecule has 8 heteroatoms. The van der Waals surface area contributed by atoms with Crippen LogP contribution < -0.4 is 4.90 Å². The minimum absolute atomic E-state index is 0.113. The highest BCUT2D eigenvalue weighted by molar-refractivity contribution is 9.10. The van der Waals surface area contributed by atoms with Crippen LogP contribution in [-0.2, 0) is 4.79 Å². The zero-order valence-corrected chi connectivity index (χ0v) is 17.2. The molecule has 1 amide bonds. The van der Waals surface area contributed by atoms with Crippen LogP contribution in [-0.4, -0.2) is 47.0 Å². The summed E-state index contributed by atoms with van der Waals surface area (Å²) in [6.07, 6.45) is 0. The number of rotatable bonds is 2. The van der Waals surface area contributed by atoms with Crippen molar-refractivity contribution >= 4 is 60.8 Å². The summed E-state index contributed by atoms with van der Waals surface area (Å²) in [6, 6.07) is 8.22. The quantitative estimate of drug-likeness (QED) is 0.540. The fraction of sp³-hybridized carbons (Fsp3) is 0.278. The lowest BCUT2D eigenvalue weighted by Crippen LogP contribution is -2.48. The highest BCUT2D eigenvalue weighted by Crippen LogP contribution is 2.39. The third kappa shape index (κ3) is 3.31. The Bertz CT molecular complexity index is 967. The molecule has 1 aromatic carbocycles. The van der Waals surface area contributed by atoms with E-state index in [1.54, 1.807) is 18.3 Å². The van der Waals surface area contributed by atoms with Crippen molar-refractivity contribution in [1.29, 1.82) is 0 Å². The SMILES string of the molecule is CC(=O)N1CCN(c2nc(Cl)nc3scc(-c4ccc(Br)cc4)c23)CC1. The minimum Gasteiger partial charge on any atom is -0.352 e. The van der Waals surface area contributed by atoms with Gasteiger partial charge in [0.05, 0.1) is 5.39 Å². The van der Waals surface area contributed by atoms with Crippen LogP contribution in [0.4, 0.5) is 5.82 Å². The third-order valence-electron chi connectivity index (χ3n) is 4.57. The topological polar surface area (TPSA) is 49.3 Å². The Hall–Kier alpha value is -1.70. The van der Waals surface area contributed by atoms with Crippen LogP contribution in [0.2, 0.25) is 5.28 Å². The first-order valence-corrected chi connectivity index (χ1v) is 10.3. The Balaban J connectivity index is 1.78. The summed E-state index contributed by atoms with van der Waals surface area (Å²) in [5.74, 6) is 0.962. The monoisotopic (exact) mass is 450 g/mol. The summed E-state index contributed by atoms with van der Waals surface area (Å²) in [5, 5.41) is 3.39. The van der Waals surface area contributed by atoms with Crippen LogP contribution in [0.15, 0.2) is 34.1 Å². The Labute approximate surface area is 168 Å². The zero-order chi connectivity index (χ0) is 18.3. The second-order valence-electron chi connectivity index (χ2n) is 6.15. The van der Waals surface area contributed by atoms with Gasteiger partial charge in [-0.1, -0.05) is 28.1 Å². The molecule has 3 aromatic rings. The Kier molecular flexibility index (Phi) is 4.86. The molecule has 1 saturated heterocycles. The average Bonchev–Trinajstić information content (AvgIpc) is 3.05. The number of nitrogens with zero attached hydrogens (tertiary/aromatic N) is 4. The standard InChI is InChI=1S/C18H16BrClN4OS/c1-11(25)23-6-8-24(9-7-23)16-15-14(12-2-4-13(19)5-3-12)10-26-17(15)22-18(20)21-16/h2-5,10H,6-9H2,1H3. The molecule has 2 aromatic heterocycles. The zero-order valence-electron chi connectivity index (χ0n) is 14.1. The number of thiophene rings is 1. The summed E-state index contributed by atoms with van der Waals surface area (Å²) in [7, 11) is 0. The van der Waals surface area contributed by atoms with Gasteiger partial charge >= 0.3 is 0 Å². The largest absolute Gasteiger partial charge is 0.352 e. The van der Waals surface area contributed by atoms with Crippen LogP contribution in [0.25, 0.3) is 21.3 Å². The summed E-state index contributed by atoms with van der Waals surface area (Å²) in [6.45, 7) is 4.46. The first kappa shape index (κ1) is 17.7. The maximum absolute atomic E-state index is 11.6. The van der Waals surface area contributed by atoms with Gasteiger partial charge in [-0.15, -0.1) is 11.3 Å². The molecule has 0 aliphatic carbocycles. The van der Waals surface area contributed by atoms with Gasteiger partial charge in [-0.25, -0.2) is 4.98 Å². The number of aromatic nitrogens is 2. The van der Waals surface area contributed by atoms with E-state index in [-0.39, 0.29) is 11.2 Å². The molecule has 0 saturated carbocycles. The number of anilines is 1. The van der Waals surface area contributed by atoms with Crippen molar-refractivity contribution in [3.63, 3.8) is 0 Å². The van der Waals surface area contributed by atoms with E-state index in [0.717, 1.165) is 44.7 Å². The molecule has 1 aliphatic rings. The van der Waals surface area contributed by atoms with Crippen molar-refractivity contribution in [1.82, 2.24) is 14.9 Å². The number of carbonyl (C=O) groups is 1. The van der Waals surface area contributed by atoms with Crippen molar-refractivity contribution in [2.24, 2.45) is 0 Å². The van der Waals surface area contributed by atoms with Gasteiger partial charge in [0, 0.05) is 48.5 Å². The maximum atomic E-state index is 11.6. The molecule has 0 radical (unpaired) electrons. The number of hydrogen-bond donors (Lipinski definition) is 0. The molecule has 0 spiro atoms. The number of fused-ring (bicyclic) bond motifs is 1. The van der Waals surface area contributed by atoms with Crippen LogP contribution in [0.3, 0.4) is 0 Å². The van der Waals surface area contributed by atoms with Gasteiger partial charge in [0.2, 0.25) is 11.2 Å². The van der Waals surface area contributed by atoms with Crippen molar-refractivity contribution in [2.75, 3.05) is 31.1 Å². The molecule has 0 unspecified atom stereocenters. The molecule has 26 heavy (non-hydrogen) atoms. The smallest absolute Gasteiger partial charge is 0.225 e. The summed E-state index contributed by atoms with van der Waals surface area (Å²) < 4.78 is 1.04. The van der Waals surface area contributed by atoms with Crippen LogP contribution in [0.5, 0.6) is 0 Å². The van der Waals surface area contributed by atoms with E-state index >= 15 is 0 Å². The molecule has 0 N–H and O–H groups in total. The lowest BCUT2D eigenvalue weighted by atomic mass is 10.1. The predicted octanol–water partition coefficient (Wildman–Crippen LogP) is 4.44. The van der Waals surface area contributed by atoms with Crippen LogP contribution >= 0.6 is 38.9 Å². The van der Waals surface area contributed by atoms with E-state index in [4.69, 9.17) is 11.6 Å². The van der Waals surface area contributed by atoms with Gasteiger partial charge < -0.3 is 9.80 Å². The lowest BCUT2D eigenvalue weighted by Gasteiger charge is -2.35. The number of hydrogen-bond acceptors (Lipinski definition) is 5. The third-order valence-corrected chi connectivity index (χ3v) is 6.14. The van der Waals surface area contributed by atoms with Gasteiger partial charge in [0.25, 0.3) is 0 Å². The van der Waals surface area contributed by atoms with Gasteiger partial charge in [-0.2, -0.15) is 4.98 Å². The van der Waals surface area contributed by atoms with Gasteiger partial charge in [-0.3, -0.25) is 4.79 Å². The number of amides is 1. The molecule has 1 aliphatic heterocycles. The summed E-state index contributed by atoms with van der Waals surface area (Å²) in [5.41, 5.74) is 2.23. The van der Waals surface area contributed by atoms with Gasteiger partial charge in [0.1, 0.15) is 10.6 Å². The Morgan fingerprint density at radius 3 is 2.50 bits per heavy atom. The van der Waals surface area contributed by atoms with Crippen LogP contribution in [0.1, 0.15) is 6.92 Å². The first-order chi connectivity index (χ1) is 12.5. The number of benzene rings is 1. The van der Waals surface area contributed by atoms with Crippen molar-refractivity contribution in [3.05, 3.63) is 39.4 Å². The van der Waals surface area contributed by atoms with E-state index in [2.05, 4.69) is 48.3 Å². The normalized spacial score (nSPS) is 14.9. The molecule has 0 bridgehead atoms. The molecule has 1 fully saturated rings. The molecular weight excluding hydrogens is 436 g/mol.